The molecule has 0 aromatic heterocycles. The average molecular weight is 347 g/mol. The molecule has 138 valence electrons. The molecule has 2 amide bonds. The smallest absolute Gasteiger partial charge is 0.243 e. The Labute approximate surface area is 149 Å². The Bertz CT molecular complexity index is 616. The molecule has 1 aliphatic rings. The highest BCUT2D eigenvalue weighted by Gasteiger charge is 2.29. The molecule has 1 aliphatic heterocycles. The number of ether oxygens (including phenoxy) is 1. The van der Waals surface area contributed by atoms with E-state index in [-0.39, 0.29) is 24.3 Å². The molecule has 0 spiro atoms. The van der Waals surface area contributed by atoms with E-state index >= 15 is 0 Å². The van der Waals surface area contributed by atoms with Gasteiger partial charge in [0.25, 0.3) is 0 Å². The monoisotopic (exact) mass is 347 g/mol. The van der Waals surface area contributed by atoms with Gasteiger partial charge in [-0.25, -0.2) is 0 Å². The van der Waals surface area contributed by atoms with Crippen LogP contribution in [0.4, 0.5) is 5.69 Å². The van der Waals surface area contributed by atoms with Gasteiger partial charge in [-0.2, -0.15) is 0 Å². The van der Waals surface area contributed by atoms with Crippen LogP contribution < -0.4 is 11.1 Å². The lowest BCUT2D eigenvalue weighted by Gasteiger charge is -2.29. The predicted octanol–water partition coefficient (Wildman–Crippen LogP) is 1.76. The molecule has 2 rings (SSSR count). The van der Waals surface area contributed by atoms with E-state index < -0.39 is 6.04 Å². The van der Waals surface area contributed by atoms with Crippen molar-refractivity contribution in [3.05, 3.63) is 28.8 Å². The van der Waals surface area contributed by atoms with Crippen LogP contribution in [0.5, 0.6) is 0 Å². The van der Waals surface area contributed by atoms with Gasteiger partial charge in [0, 0.05) is 25.9 Å². The van der Waals surface area contributed by atoms with E-state index in [1.165, 1.54) is 4.90 Å². The molecular formula is C19H29N3O3. The van der Waals surface area contributed by atoms with Crippen LogP contribution in [0.15, 0.2) is 12.1 Å². The van der Waals surface area contributed by atoms with Crippen molar-refractivity contribution in [1.29, 1.82) is 0 Å². The number of nitrogens with one attached hydrogen (secondary N) is 1. The van der Waals surface area contributed by atoms with Gasteiger partial charge in [0.05, 0.1) is 12.6 Å². The minimum Gasteiger partial charge on any atom is -0.381 e. The largest absolute Gasteiger partial charge is 0.381 e. The molecule has 0 aliphatic carbocycles. The standard InChI is InChI=1S/C19H29N3O3/c1-12-9-13(2)18(14(3)10-12)21-16(23)11-22(4)19(24)17(20)15-5-7-25-8-6-15/h9-10,15,17H,5-8,11,20H2,1-4H3,(H,21,23). The summed E-state index contributed by atoms with van der Waals surface area (Å²) in [5.74, 6) is -0.294. The Morgan fingerprint density at radius 2 is 1.80 bits per heavy atom. The zero-order chi connectivity index (χ0) is 18.6. The van der Waals surface area contributed by atoms with Crippen molar-refractivity contribution in [2.24, 2.45) is 11.7 Å². The maximum atomic E-state index is 12.5. The van der Waals surface area contributed by atoms with Crippen LogP contribution in [0, 0.1) is 26.7 Å². The van der Waals surface area contributed by atoms with Crippen molar-refractivity contribution >= 4 is 17.5 Å². The third kappa shape index (κ3) is 5.03. The molecule has 6 heteroatoms. The van der Waals surface area contributed by atoms with Crippen molar-refractivity contribution in [2.45, 2.75) is 39.7 Å². The number of hydrogen-bond donors (Lipinski definition) is 2. The van der Waals surface area contributed by atoms with E-state index in [2.05, 4.69) is 5.32 Å². The molecule has 1 aromatic rings. The number of benzene rings is 1. The van der Waals surface area contributed by atoms with E-state index in [1.54, 1.807) is 7.05 Å². The SMILES string of the molecule is Cc1cc(C)c(NC(=O)CN(C)C(=O)C(N)C2CCOCC2)c(C)c1. The molecule has 1 saturated heterocycles. The van der Waals surface area contributed by atoms with Crippen molar-refractivity contribution in [3.63, 3.8) is 0 Å². The Balaban J connectivity index is 1.94. The number of hydrogen-bond acceptors (Lipinski definition) is 4. The number of nitrogens with two attached hydrogens (primary N) is 1. The van der Waals surface area contributed by atoms with E-state index in [0.29, 0.717) is 13.2 Å². The molecule has 1 unspecified atom stereocenters. The molecule has 0 bridgehead atoms. The van der Waals surface area contributed by atoms with Crippen LogP contribution in [0.3, 0.4) is 0 Å². The lowest BCUT2D eigenvalue weighted by atomic mass is 9.91. The molecule has 1 fully saturated rings. The minimum atomic E-state index is -0.579. The molecule has 0 radical (unpaired) electrons. The van der Waals surface area contributed by atoms with Crippen LogP contribution in [0.2, 0.25) is 0 Å². The average Bonchev–Trinajstić information content (AvgIpc) is 2.57. The molecule has 6 nitrogen and oxygen atoms in total. The van der Waals surface area contributed by atoms with Crippen molar-refractivity contribution in [1.82, 2.24) is 4.90 Å². The molecule has 25 heavy (non-hydrogen) atoms. The zero-order valence-corrected chi connectivity index (χ0v) is 15.6. The van der Waals surface area contributed by atoms with Crippen LogP contribution in [-0.2, 0) is 14.3 Å². The van der Waals surface area contributed by atoms with Crippen molar-refractivity contribution < 1.29 is 14.3 Å². The second kappa shape index (κ2) is 8.45. The first kappa shape index (κ1) is 19.4. The van der Waals surface area contributed by atoms with Gasteiger partial charge in [-0.3, -0.25) is 9.59 Å². The summed E-state index contributed by atoms with van der Waals surface area (Å²) in [5.41, 5.74) is 10.1. The lowest BCUT2D eigenvalue weighted by molar-refractivity contribution is -0.136. The fourth-order valence-corrected chi connectivity index (χ4v) is 3.38. The number of nitrogens with zero attached hydrogens (tertiary/aromatic N) is 1. The van der Waals surface area contributed by atoms with Gasteiger partial charge in [-0.15, -0.1) is 0 Å². The Morgan fingerprint density at radius 1 is 1.24 bits per heavy atom. The van der Waals surface area contributed by atoms with Crippen molar-refractivity contribution in [2.75, 3.05) is 32.1 Å². The fraction of sp³-hybridized carbons (Fsp3) is 0.579. The Hall–Kier alpha value is -1.92. The van der Waals surface area contributed by atoms with Crippen LogP contribution in [0.25, 0.3) is 0 Å². The summed E-state index contributed by atoms with van der Waals surface area (Å²) in [5, 5.41) is 2.92. The fourth-order valence-electron chi connectivity index (χ4n) is 3.38. The van der Waals surface area contributed by atoms with E-state index in [0.717, 1.165) is 35.2 Å². The zero-order valence-electron chi connectivity index (χ0n) is 15.6. The number of amides is 2. The highest BCUT2D eigenvalue weighted by molar-refractivity contribution is 5.96. The maximum Gasteiger partial charge on any atom is 0.243 e. The van der Waals surface area contributed by atoms with Gasteiger partial charge in [0.15, 0.2) is 0 Å². The van der Waals surface area contributed by atoms with Gasteiger partial charge in [0.2, 0.25) is 11.8 Å². The van der Waals surface area contributed by atoms with E-state index in [9.17, 15) is 9.59 Å². The van der Waals surface area contributed by atoms with Crippen LogP contribution >= 0.6 is 0 Å². The quantitative estimate of drug-likeness (QED) is 0.850. The summed E-state index contributed by atoms with van der Waals surface area (Å²) in [4.78, 5) is 26.2. The van der Waals surface area contributed by atoms with Gasteiger partial charge in [-0.1, -0.05) is 17.7 Å². The molecule has 1 atom stereocenters. The van der Waals surface area contributed by atoms with Gasteiger partial charge in [-0.05, 0) is 50.7 Å². The summed E-state index contributed by atoms with van der Waals surface area (Å²) >= 11 is 0. The van der Waals surface area contributed by atoms with Gasteiger partial charge >= 0.3 is 0 Å². The van der Waals surface area contributed by atoms with Gasteiger partial charge in [0.1, 0.15) is 0 Å². The minimum absolute atomic E-state index is 0.0114. The molecule has 0 saturated carbocycles. The normalized spacial score (nSPS) is 16.4. The summed E-state index contributed by atoms with van der Waals surface area (Å²) in [6.07, 6.45) is 1.57. The number of aryl methyl sites for hydroxylation is 3. The summed E-state index contributed by atoms with van der Waals surface area (Å²) in [6.45, 7) is 7.22. The van der Waals surface area contributed by atoms with E-state index in [1.807, 2.05) is 32.9 Å². The molecule has 1 aromatic carbocycles. The molecule has 3 N–H and O–H groups in total. The van der Waals surface area contributed by atoms with Crippen LogP contribution in [0.1, 0.15) is 29.5 Å². The predicted molar refractivity (Wildman–Crippen MR) is 98.4 cm³/mol. The maximum absolute atomic E-state index is 12.5. The first-order valence-corrected chi connectivity index (χ1v) is 8.75. The third-order valence-corrected chi connectivity index (χ3v) is 4.76. The second-order valence-electron chi connectivity index (χ2n) is 6.99. The first-order valence-electron chi connectivity index (χ1n) is 8.75. The summed E-state index contributed by atoms with van der Waals surface area (Å²) < 4.78 is 5.31. The number of likely N-dealkylation sites (N-methyl/N-ethyl adjacent to an activating group) is 1. The van der Waals surface area contributed by atoms with Gasteiger partial charge < -0.3 is 20.7 Å². The lowest BCUT2D eigenvalue weighted by Crippen LogP contribution is -2.49. The molecular weight excluding hydrogens is 318 g/mol. The first-order chi connectivity index (χ1) is 11.8. The third-order valence-electron chi connectivity index (χ3n) is 4.76. The van der Waals surface area contributed by atoms with E-state index in [4.69, 9.17) is 10.5 Å². The summed E-state index contributed by atoms with van der Waals surface area (Å²) in [7, 11) is 1.62. The number of anilines is 1. The Morgan fingerprint density at radius 3 is 2.36 bits per heavy atom. The van der Waals surface area contributed by atoms with Crippen LogP contribution in [-0.4, -0.2) is 49.6 Å². The summed E-state index contributed by atoms with van der Waals surface area (Å²) in [6, 6.07) is 3.47. The highest BCUT2D eigenvalue weighted by atomic mass is 16.5. The highest BCUT2D eigenvalue weighted by Crippen LogP contribution is 2.22. The Kier molecular flexibility index (Phi) is 6.56. The number of rotatable bonds is 5. The number of carbonyl (C=O) groups excluding carboxylic acids is 2. The molecule has 1 heterocycles. The van der Waals surface area contributed by atoms with Crippen molar-refractivity contribution in [3.8, 4) is 0 Å². The second-order valence-corrected chi connectivity index (χ2v) is 6.99. The number of carbonyl (C=O) groups is 2. The topological polar surface area (TPSA) is 84.7 Å².